The van der Waals surface area contributed by atoms with Crippen LogP contribution in [0.3, 0.4) is 0 Å². The van der Waals surface area contributed by atoms with Crippen molar-refractivity contribution >= 4 is 28.3 Å². The molecular formula is C13H16N4O4. The molecule has 0 radical (unpaired) electrons. The number of carbonyl (C=O) groups excluding carboxylic acids is 1. The van der Waals surface area contributed by atoms with E-state index in [1.165, 1.54) is 6.92 Å². The standard InChI is InChI=1S/C13H16N4O4/c1-6-5-8-11(15-13-9(19)3-4-16(8)13)12(17(20)21)10(6)14-7(2)18/h5,9,17,19-20H,3-4H2,1-2H3,(H,14,18). The zero-order chi connectivity index (χ0) is 15.3. The van der Waals surface area contributed by atoms with Gasteiger partial charge < -0.3 is 20.2 Å². The maximum atomic E-state index is 11.6. The second-order valence-electron chi connectivity index (χ2n) is 5.22. The first kappa shape index (κ1) is 14.0. The number of carbonyl (C=O) groups is 1. The third-order valence-corrected chi connectivity index (χ3v) is 3.71. The highest BCUT2D eigenvalue weighted by molar-refractivity contribution is 6.00. The number of aliphatic hydroxyl groups excluding tert-OH is 1. The van der Waals surface area contributed by atoms with Crippen molar-refractivity contribution in [2.24, 2.45) is 0 Å². The van der Waals surface area contributed by atoms with E-state index in [0.29, 0.717) is 35.4 Å². The maximum absolute atomic E-state index is 11.6. The quantitative estimate of drug-likeness (QED) is 0.588. The summed E-state index contributed by atoms with van der Waals surface area (Å²) < 4.78 is 1.83. The summed E-state index contributed by atoms with van der Waals surface area (Å²) in [5, 5.41) is 32.4. The Balaban J connectivity index is 2.32. The fourth-order valence-electron chi connectivity index (χ4n) is 2.82. The molecule has 3 rings (SSSR count). The molecule has 1 aliphatic rings. The second-order valence-corrected chi connectivity index (χ2v) is 5.22. The lowest BCUT2D eigenvalue weighted by atomic mass is 10.1. The van der Waals surface area contributed by atoms with Crippen LogP contribution in [0, 0.1) is 12.1 Å². The highest BCUT2D eigenvalue weighted by Crippen LogP contribution is 2.36. The van der Waals surface area contributed by atoms with E-state index in [1.807, 2.05) is 4.57 Å². The molecule has 4 N–H and O–H groups in total. The van der Waals surface area contributed by atoms with Gasteiger partial charge in [-0.25, -0.2) is 10.2 Å². The highest BCUT2D eigenvalue weighted by Gasteiger charge is 2.29. The van der Waals surface area contributed by atoms with Crippen molar-refractivity contribution in [3.63, 3.8) is 0 Å². The minimum atomic E-state index is -1.15. The van der Waals surface area contributed by atoms with Gasteiger partial charge in [-0.3, -0.25) is 4.79 Å². The molecule has 1 aromatic heterocycles. The zero-order valence-corrected chi connectivity index (χ0v) is 11.7. The van der Waals surface area contributed by atoms with Crippen molar-refractivity contribution in [1.82, 2.24) is 9.55 Å². The monoisotopic (exact) mass is 292 g/mol. The van der Waals surface area contributed by atoms with Gasteiger partial charge in [-0.1, -0.05) is 0 Å². The van der Waals surface area contributed by atoms with Crippen molar-refractivity contribution in [2.45, 2.75) is 32.9 Å². The van der Waals surface area contributed by atoms with Crippen LogP contribution < -0.4 is 10.5 Å². The van der Waals surface area contributed by atoms with E-state index in [-0.39, 0.29) is 17.3 Å². The number of hydrogen-bond donors (Lipinski definition) is 4. The van der Waals surface area contributed by atoms with Crippen molar-refractivity contribution in [3.8, 4) is 0 Å². The summed E-state index contributed by atoms with van der Waals surface area (Å²) in [5.74, 6) is 0.138. The molecule has 0 bridgehead atoms. The number of benzene rings is 1. The fraction of sp³-hybridized carbons (Fsp3) is 0.385. The Morgan fingerprint density at radius 3 is 2.95 bits per heavy atom. The smallest absolute Gasteiger partial charge is 0.221 e. The molecule has 0 fully saturated rings. The van der Waals surface area contributed by atoms with E-state index in [4.69, 9.17) is 0 Å². The Hall–Kier alpha value is -2.00. The molecule has 2 atom stereocenters. The number of amides is 1. The molecule has 0 aliphatic carbocycles. The lowest BCUT2D eigenvalue weighted by Gasteiger charge is -2.18. The van der Waals surface area contributed by atoms with Gasteiger partial charge in [0, 0.05) is 13.5 Å². The molecule has 1 amide bonds. The van der Waals surface area contributed by atoms with Crippen molar-refractivity contribution < 1.29 is 20.3 Å². The topological polar surface area (TPSA) is 115 Å². The van der Waals surface area contributed by atoms with Gasteiger partial charge in [-0.05, 0) is 25.0 Å². The summed E-state index contributed by atoms with van der Waals surface area (Å²) in [7, 11) is 0. The zero-order valence-electron chi connectivity index (χ0n) is 11.7. The normalized spacial score (nSPS) is 18.8. The van der Waals surface area contributed by atoms with E-state index >= 15 is 0 Å². The third kappa shape index (κ3) is 2.09. The Kier molecular flexibility index (Phi) is 3.18. The van der Waals surface area contributed by atoms with Gasteiger partial charge >= 0.3 is 0 Å². The average Bonchev–Trinajstić information content (AvgIpc) is 2.90. The number of aromatic nitrogens is 2. The Morgan fingerprint density at radius 2 is 2.33 bits per heavy atom. The number of aliphatic hydroxyl groups is 1. The number of hydrogen-bond acceptors (Lipinski definition) is 5. The molecule has 0 saturated heterocycles. The predicted molar refractivity (Wildman–Crippen MR) is 74.1 cm³/mol. The summed E-state index contributed by atoms with van der Waals surface area (Å²) in [6.45, 7) is 3.67. The molecule has 1 aromatic carbocycles. The minimum absolute atomic E-state index is 0.0331. The van der Waals surface area contributed by atoms with Crippen LogP contribution in [-0.2, 0) is 11.3 Å². The molecule has 2 heterocycles. The molecule has 112 valence electrons. The van der Waals surface area contributed by atoms with Gasteiger partial charge in [0.25, 0.3) is 0 Å². The number of imidazole rings is 1. The van der Waals surface area contributed by atoms with Gasteiger partial charge in [-0.2, -0.15) is 5.23 Å². The largest absolute Gasteiger partial charge is 0.595 e. The van der Waals surface area contributed by atoms with Crippen LogP contribution in [0.15, 0.2) is 6.07 Å². The average molecular weight is 292 g/mol. The number of nitrogens with zero attached hydrogens (tertiary/aromatic N) is 2. The lowest BCUT2D eigenvalue weighted by Crippen LogP contribution is -2.99. The van der Waals surface area contributed by atoms with Gasteiger partial charge in [0.2, 0.25) is 11.6 Å². The molecule has 21 heavy (non-hydrogen) atoms. The van der Waals surface area contributed by atoms with Gasteiger partial charge in [0.1, 0.15) is 17.6 Å². The SMILES string of the molecule is CC(=O)Nc1c(C)cc2c(nc3n2CCC3O)c1[NH+]([O-])O. The van der Waals surface area contributed by atoms with E-state index < -0.39 is 11.3 Å². The van der Waals surface area contributed by atoms with Crippen LogP contribution in [0.2, 0.25) is 0 Å². The molecular weight excluding hydrogens is 276 g/mol. The number of nitrogens with one attached hydrogen (secondary N) is 2. The number of fused-ring (bicyclic) bond motifs is 3. The molecule has 8 heteroatoms. The van der Waals surface area contributed by atoms with Crippen LogP contribution in [0.25, 0.3) is 11.0 Å². The molecule has 2 aromatic rings. The minimum Gasteiger partial charge on any atom is -0.595 e. The second kappa shape index (κ2) is 4.78. The number of aryl methyl sites for hydroxylation is 2. The first-order chi connectivity index (χ1) is 9.90. The van der Waals surface area contributed by atoms with E-state index in [0.717, 1.165) is 0 Å². The number of anilines is 1. The summed E-state index contributed by atoms with van der Waals surface area (Å²) in [5.41, 5.74) is 1.85. The first-order valence-electron chi connectivity index (χ1n) is 6.62. The van der Waals surface area contributed by atoms with Crippen LogP contribution in [0.5, 0.6) is 0 Å². The van der Waals surface area contributed by atoms with Gasteiger partial charge in [0.05, 0.1) is 5.52 Å². The Morgan fingerprint density at radius 1 is 1.62 bits per heavy atom. The Bertz CT molecular complexity index is 738. The van der Waals surface area contributed by atoms with Crippen molar-refractivity contribution in [1.29, 1.82) is 0 Å². The molecule has 0 saturated carbocycles. The van der Waals surface area contributed by atoms with E-state index in [2.05, 4.69) is 10.3 Å². The van der Waals surface area contributed by atoms with E-state index in [9.17, 15) is 20.3 Å². The van der Waals surface area contributed by atoms with Crippen molar-refractivity contribution in [2.75, 3.05) is 5.32 Å². The molecule has 1 aliphatic heterocycles. The van der Waals surface area contributed by atoms with Gasteiger partial charge in [0.15, 0.2) is 5.52 Å². The number of quaternary nitrogens is 1. The molecule has 8 nitrogen and oxygen atoms in total. The summed E-state index contributed by atoms with van der Waals surface area (Å²) in [6.07, 6.45) is -0.101. The highest BCUT2D eigenvalue weighted by atomic mass is 16.8. The van der Waals surface area contributed by atoms with Crippen LogP contribution in [0.1, 0.15) is 30.8 Å². The predicted octanol–water partition coefficient (Wildman–Crippen LogP) is 0.144. The first-order valence-corrected chi connectivity index (χ1v) is 6.62. The lowest BCUT2D eigenvalue weighted by molar-refractivity contribution is -0.990. The Labute approximate surface area is 120 Å². The molecule has 2 unspecified atom stereocenters. The maximum Gasteiger partial charge on any atom is 0.221 e. The molecule has 0 spiro atoms. The van der Waals surface area contributed by atoms with Gasteiger partial charge in [-0.15, -0.1) is 0 Å². The van der Waals surface area contributed by atoms with Crippen LogP contribution in [-0.4, -0.2) is 25.8 Å². The van der Waals surface area contributed by atoms with E-state index in [1.54, 1.807) is 13.0 Å². The summed E-state index contributed by atoms with van der Waals surface area (Å²) >= 11 is 0. The van der Waals surface area contributed by atoms with Crippen LogP contribution in [0.4, 0.5) is 11.4 Å². The summed E-state index contributed by atoms with van der Waals surface area (Å²) in [6, 6.07) is 1.79. The fourth-order valence-corrected chi connectivity index (χ4v) is 2.82. The number of rotatable bonds is 2. The third-order valence-electron chi connectivity index (χ3n) is 3.71. The van der Waals surface area contributed by atoms with Crippen LogP contribution >= 0.6 is 0 Å². The summed E-state index contributed by atoms with van der Waals surface area (Å²) in [4.78, 5) is 15.6. The van der Waals surface area contributed by atoms with Crippen molar-refractivity contribution in [3.05, 3.63) is 22.7 Å².